The number of ether oxygens (including phenoxy) is 1. The predicted molar refractivity (Wildman–Crippen MR) is 129 cm³/mol. The highest BCUT2D eigenvalue weighted by molar-refractivity contribution is 7.90. The highest BCUT2D eigenvalue weighted by atomic mass is 32.2. The monoisotopic (exact) mass is 502 g/mol. The molecule has 1 fully saturated rings. The van der Waals surface area contributed by atoms with Crippen molar-refractivity contribution in [3.8, 4) is 0 Å². The summed E-state index contributed by atoms with van der Waals surface area (Å²) in [5.41, 5.74) is 0.796. The van der Waals surface area contributed by atoms with Crippen LogP contribution in [0.1, 0.15) is 44.9 Å². The number of carbonyl (C=O) groups is 1. The highest BCUT2D eigenvalue weighted by Crippen LogP contribution is 2.43. The maximum atomic E-state index is 14.0. The van der Waals surface area contributed by atoms with Crippen molar-refractivity contribution in [3.63, 3.8) is 0 Å². The fourth-order valence-corrected chi connectivity index (χ4v) is 4.86. The number of rotatable bonds is 4. The Morgan fingerprint density at radius 1 is 1.14 bits per heavy atom. The second-order valence-corrected chi connectivity index (χ2v) is 11.6. The molecule has 2 aliphatic heterocycles. The zero-order chi connectivity index (χ0) is 25.4. The third kappa shape index (κ3) is 5.02. The van der Waals surface area contributed by atoms with E-state index in [-0.39, 0.29) is 21.4 Å². The summed E-state index contributed by atoms with van der Waals surface area (Å²) in [5.74, 6) is -0.412. The van der Waals surface area contributed by atoms with Crippen LogP contribution in [0, 0.1) is 5.82 Å². The van der Waals surface area contributed by atoms with Gasteiger partial charge in [-0.1, -0.05) is 0 Å². The van der Waals surface area contributed by atoms with Crippen LogP contribution >= 0.6 is 0 Å². The number of sulfone groups is 1. The summed E-state index contributed by atoms with van der Waals surface area (Å²) in [4.78, 5) is 26.8. The summed E-state index contributed by atoms with van der Waals surface area (Å²) in [5, 5.41) is 2.95. The van der Waals surface area contributed by atoms with Gasteiger partial charge in [0.15, 0.2) is 0 Å². The first-order chi connectivity index (χ1) is 16.4. The van der Waals surface area contributed by atoms with Crippen molar-refractivity contribution in [1.29, 1.82) is 0 Å². The highest BCUT2D eigenvalue weighted by Gasteiger charge is 2.55. The Kier molecular flexibility index (Phi) is 6.60. The predicted octanol–water partition coefficient (Wildman–Crippen LogP) is 3.39. The van der Waals surface area contributed by atoms with Crippen LogP contribution in [0.4, 0.5) is 9.18 Å². The van der Waals surface area contributed by atoms with Gasteiger partial charge < -0.3 is 10.1 Å². The van der Waals surface area contributed by atoms with Gasteiger partial charge >= 0.3 is 6.09 Å². The number of benzene rings is 1. The van der Waals surface area contributed by atoms with Crippen molar-refractivity contribution in [2.75, 3.05) is 19.3 Å². The fraction of sp³-hybridized carbons (Fsp3) is 0.417. The lowest BCUT2D eigenvalue weighted by Gasteiger charge is -2.39. The topological polar surface area (TPSA) is 111 Å². The van der Waals surface area contributed by atoms with E-state index in [0.717, 1.165) is 6.26 Å². The SMILES string of the molecule is CC(C)(C)OC(=O)[N+]1(C2CCNCC2)C=NC(c2ccc(F)cc2)=C1c1ccnc(S(C)(=O)=O)n1. The van der Waals surface area contributed by atoms with Gasteiger partial charge in [0.2, 0.25) is 27.0 Å². The largest absolute Gasteiger partial charge is 0.528 e. The summed E-state index contributed by atoms with van der Waals surface area (Å²) in [6.45, 7) is 6.74. The zero-order valence-electron chi connectivity index (χ0n) is 20.2. The Morgan fingerprint density at radius 2 is 1.80 bits per heavy atom. The number of amides is 1. The molecule has 0 spiro atoms. The molecule has 4 rings (SSSR count). The zero-order valence-corrected chi connectivity index (χ0v) is 21.0. The first-order valence-corrected chi connectivity index (χ1v) is 13.2. The van der Waals surface area contributed by atoms with E-state index in [1.54, 1.807) is 45.3 Å². The quantitative estimate of drug-likeness (QED) is 0.504. The fourth-order valence-electron chi connectivity index (χ4n) is 4.34. The maximum absolute atomic E-state index is 14.0. The van der Waals surface area contributed by atoms with Gasteiger partial charge in [0.05, 0.1) is 0 Å². The van der Waals surface area contributed by atoms with Crippen LogP contribution in [0.3, 0.4) is 0 Å². The standard InChI is InChI=1S/C24H29FN5O4S/c1-24(2,3)34-23(31)30(18-9-12-26-13-10-18)15-28-20(16-5-7-17(25)8-6-16)21(30)19-11-14-27-22(29-19)35(4,32)33/h5-8,11,14-15,18,26H,9-10,12-13H2,1-4H3/q+1. The number of quaternary nitrogens is 1. The van der Waals surface area contributed by atoms with E-state index in [0.29, 0.717) is 42.9 Å². The Labute approximate surface area is 204 Å². The molecular formula is C24H29FN5O4S+. The Balaban J connectivity index is 2.01. The average molecular weight is 503 g/mol. The number of aromatic nitrogens is 2. The second kappa shape index (κ2) is 9.21. The molecule has 1 aromatic carbocycles. The normalized spacial score (nSPS) is 21.4. The van der Waals surface area contributed by atoms with Gasteiger partial charge in [-0.05, 0) is 51.1 Å². The van der Waals surface area contributed by atoms with Crippen LogP contribution in [0.15, 0.2) is 46.7 Å². The average Bonchev–Trinajstić information content (AvgIpc) is 3.20. The van der Waals surface area contributed by atoms with Gasteiger partial charge in [-0.25, -0.2) is 22.8 Å². The number of hydrogen-bond acceptors (Lipinski definition) is 8. The number of halogens is 1. The number of piperidine rings is 1. The first-order valence-electron chi connectivity index (χ1n) is 11.3. The summed E-state index contributed by atoms with van der Waals surface area (Å²) in [6.07, 6.45) is 4.67. The molecule has 0 radical (unpaired) electrons. The maximum Gasteiger partial charge on any atom is 0.528 e. The molecule has 186 valence electrons. The lowest BCUT2D eigenvalue weighted by molar-refractivity contribution is -0.715. The van der Waals surface area contributed by atoms with Gasteiger partial charge in [-0.2, -0.15) is 9.79 Å². The number of nitrogens with one attached hydrogen (secondary N) is 1. The molecule has 0 aliphatic carbocycles. The van der Waals surface area contributed by atoms with Crippen LogP contribution in [0.5, 0.6) is 0 Å². The van der Waals surface area contributed by atoms with E-state index < -0.39 is 27.3 Å². The smallest absolute Gasteiger partial charge is 0.414 e. The Hall–Kier alpha value is -3.02. The van der Waals surface area contributed by atoms with Gasteiger partial charge in [0, 0.05) is 43.9 Å². The number of hydrogen-bond donors (Lipinski definition) is 1. The molecule has 1 N–H and O–H groups in total. The Morgan fingerprint density at radius 3 is 2.40 bits per heavy atom. The first kappa shape index (κ1) is 25.1. The van der Waals surface area contributed by atoms with E-state index in [2.05, 4.69) is 20.3 Å². The number of carbonyl (C=O) groups excluding carboxylic acids is 1. The van der Waals surface area contributed by atoms with Gasteiger partial charge in [-0.15, -0.1) is 4.48 Å². The van der Waals surface area contributed by atoms with E-state index in [4.69, 9.17) is 4.74 Å². The molecule has 11 heteroatoms. The molecule has 0 saturated carbocycles. The molecule has 1 saturated heterocycles. The third-order valence-corrected chi connectivity index (χ3v) is 6.73. The molecule has 3 heterocycles. The van der Waals surface area contributed by atoms with Crippen LogP contribution in [0.25, 0.3) is 11.4 Å². The molecule has 2 aromatic rings. The van der Waals surface area contributed by atoms with Crippen LogP contribution in [-0.4, -0.2) is 66.3 Å². The molecular weight excluding hydrogens is 473 g/mol. The van der Waals surface area contributed by atoms with Gasteiger partial charge in [0.25, 0.3) is 0 Å². The van der Waals surface area contributed by atoms with Crippen molar-refractivity contribution >= 4 is 33.7 Å². The van der Waals surface area contributed by atoms with Crippen molar-refractivity contribution in [1.82, 2.24) is 15.3 Å². The molecule has 1 amide bonds. The van der Waals surface area contributed by atoms with Crippen LogP contribution in [-0.2, 0) is 14.6 Å². The van der Waals surface area contributed by atoms with Crippen molar-refractivity contribution in [2.24, 2.45) is 4.99 Å². The lowest BCUT2D eigenvalue weighted by atomic mass is 9.99. The summed E-state index contributed by atoms with van der Waals surface area (Å²) < 4.78 is 43.7. The number of aliphatic imine (C=N–C) groups is 1. The van der Waals surface area contributed by atoms with E-state index in [1.807, 2.05) is 0 Å². The van der Waals surface area contributed by atoms with Crippen molar-refractivity contribution < 1.29 is 26.8 Å². The van der Waals surface area contributed by atoms with Gasteiger partial charge in [0.1, 0.15) is 28.9 Å². The van der Waals surface area contributed by atoms with E-state index >= 15 is 0 Å². The molecule has 1 unspecified atom stereocenters. The third-order valence-electron chi connectivity index (χ3n) is 5.87. The second-order valence-electron chi connectivity index (χ2n) is 9.68. The van der Waals surface area contributed by atoms with E-state index in [9.17, 15) is 17.6 Å². The van der Waals surface area contributed by atoms with Crippen molar-refractivity contribution in [3.05, 3.63) is 53.6 Å². The molecule has 2 aliphatic rings. The van der Waals surface area contributed by atoms with E-state index in [1.165, 1.54) is 18.3 Å². The number of nitrogens with zero attached hydrogens (tertiary/aromatic N) is 4. The molecule has 1 aromatic heterocycles. The Bertz CT molecular complexity index is 1300. The molecule has 9 nitrogen and oxygen atoms in total. The molecule has 35 heavy (non-hydrogen) atoms. The summed E-state index contributed by atoms with van der Waals surface area (Å²) in [6, 6.07) is 7.07. The van der Waals surface area contributed by atoms with Crippen LogP contribution in [0.2, 0.25) is 0 Å². The van der Waals surface area contributed by atoms with Crippen LogP contribution < -0.4 is 5.32 Å². The minimum absolute atomic E-state index is 0.237. The minimum atomic E-state index is -3.72. The van der Waals surface area contributed by atoms with Crippen molar-refractivity contribution in [2.45, 2.75) is 50.4 Å². The molecule has 1 atom stereocenters. The summed E-state index contributed by atoms with van der Waals surface area (Å²) >= 11 is 0. The summed E-state index contributed by atoms with van der Waals surface area (Å²) in [7, 11) is -3.72. The molecule has 0 bridgehead atoms. The minimum Gasteiger partial charge on any atom is -0.414 e. The van der Waals surface area contributed by atoms with Gasteiger partial charge in [-0.3, -0.25) is 0 Å². The lowest BCUT2D eigenvalue weighted by Crippen LogP contribution is -2.59.